The molecule has 2 bridgehead atoms. The number of nitriles is 1. The lowest BCUT2D eigenvalue weighted by atomic mass is 9.67. The minimum absolute atomic E-state index is 0.247. The first-order chi connectivity index (χ1) is 17.4. The van der Waals surface area contributed by atoms with Gasteiger partial charge in [0.25, 0.3) is 0 Å². The molecule has 6 rings (SSSR count). The zero-order valence-corrected chi connectivity index (χ0v) is 19.7. The minimum Gasteiger partial charge on any atom is -0.505 e. The highest BCUT2D eigenvalue weighted by molar-refractivity contribution is 6.26. The summed E-state index contributed by atoms with van der Waals surface area (Å²) >= 11 is 0. The van der Waals surface area contributed by atoms with Gasteiger partial charge in [-0.1, -0.05) is 42.5 Å². The Bertz CT molecular complexity index is 1520. The molecule has 0 saturated carbocycles. The molecule has 3 heterocycles. The second kappa shape index (κ2) is 7.91. The van der Waals surface area contributed by atoms with Crippen molar-refractivity contribution in [1.29, 1.82) is 5.26 Å². The first-order valence-electron chi connectivity index (χ1n) is 12.0. The van der Waals surface area contributed by atoms with Crippen LogP contribution in [0.5, 0.6) is 5.75 Å². The van der Waals surface area contributed by atoms with E-state index < -0.39 is 23.0 Å². The number of ether oxygens (including phenoxy) is 2. The summed E-state index contributed by atoms with van der Waals surface area (Å²) in [5.41, 5.74) is -0.0755. The average Bonchev–Trinajstić information content (AvgIpc) is 3.48. The standard InChI is InChI=1S/C29H23N3O4/c1-28-13-14-29(36-28,15-16-35-23-10-6-5-9-21(23)31-2)25-24(28)26(33)32(27(25)34)22-12-11-18(17-30)19-7-3-4-8-20(19)22/h3-12,24-25H,13-16H2,1H3/t24-,25+,28-,29-/m0/s1. The molecule has 3 saturated heterocycles. The zero-order chi connectivity index (χ0) is 25.1. The second-order valence-electron chi connectivity index (χ2n) is 9.91. The summed E-state index contributed by atoms with van der Waals surface area (Å²) in [6.07, 6.45) is 1.80. The molecule has 7 nitrogen and oxygen atoms in total. The minimum atomic E-state index is -0.795. The molecule has 3 aromatic carbocycles. The summed E-state index contributed by atoms with van der Waals surface area (Å²) in [6.45, 7) is 9.54. The SMILES string of the molecule is [C-]#[N+]c1ccccc1OCC[C@]12CC[C@](C)(O1)[C@@H]1C(=O)N(c3ccc(C#N)c4ccccc34)C(=O)[C@@H]12. The van der Waals surface area contributed by atoms with Crippen molar-refractivity contribution in [3.8, 4) is 11.8 Å². The number of para-hydroxylation sites is 2. The summed E-state index contributed by atoms with van der Waals surface area (Å²) in [5.74, 6) is -1.17. The van der Waals surface area contributed by atoms with E-state index in [1.807, 2.05) is 37.3 Å². The Labute approximate surface area is 208 Å². The number of carbonyl (C=O) groups excluding carboxylic acids is 2. The van der Waals surface area contributed by atoms with Gasteiger partial charge in [0.15, 0.2) is 0 Å². The zero-order valence-electron chi connectivity index (χ0n) is 19.7. The number of rotatable bonds is 5. The number of imide groups is 1. The van der Waals surface area contributed by atoms with Crippen LogP contribution in [0.2, 0.25) is 0 Å². The van der Waals surface area contributed by atoms with Crippen LogP contribution in [-0.2, 0) is 14.3 Å². The van der Waals surface area contributed by atoms with Crippen LogP contribution in [0.15, 0.2) is 60.7 Å². The molecule has 2 amide bonds. The highest BCUT2D eigenvalue weighted by Gasteiger charge is 2.73. The lowest BCUT2D eigenvalue weighted by Crippen LogP contribution is -2.43. The molecule has 0 aromatic heterocycles. The Morgan fingerprint density at radius 3 is 2.56 bits per heavy atom. The highest BCUT2D eigenvalue weighted by atomic mass is 16.5. The summed E-state index contributed by atoms with van der Waals surface area (Å²) in [7, 11) is 0. The fraction of sp³-hybridized carbons (Fsp3) is 0.310. The first-order valence-corrected chi connectivity index (χ1v) is 12.0. The second-order valence-corrected chi connectivity index (χ2v) is 9.91. The van der Waals surface area contributed by atoms with Crippen molar-refractivity contribution in [2.45, 2.75) is 37.4 Å². The maximum absolute atomic E-state index is 13.9. The largest absolute Gasteiger partial charge is 0.505 e. The number of hydrogen-bond donors (Lipinski definition) is 0. The summed E-state index contributed by atoms with van der Waals surface area (Å²) in [5, 5.41) is 10.9. The maximum Gasteiger partial charge on any atom is 0.240 e. The van der Waals surface area contributed by atoms with E-state index in [0.717, 1.165) is 0 Å². The third-order valence-electron chi connectivity index (χ3n) is 8.04. The van der Waals surface area contributed by atoms with Gasteiger partial charge in [0, 0.05) is 17.2 Å². The molecule has 0 N–H and O–H groups in total. The van der Waals surface area contributed by atoms with Gasteiger partial charge in [0.05, 0.1) is 53.5 Å². The van der Waals surface area contributed by atoms with Gasteiger partial charge >= 0.3 is 0 Å². The van der Waals surface area contributed by atoms with E-state index in [2.05, 4.69) is 10.9 Å². The van der Waals surface area contributed by atoms with Gasteiger partial charge < -0.3 is 9.47 Å². The summed E-state index contributed by atoms with van der Waals surface area (Å²) in [6, 6.07) is 20.0. The van der Waals surface area contributed by atoms with Crippen LogP contribution < -0.4 is 9.64 Å². The Hall–Kier alpha value is -4.20. The Morgan fingerprint density at radius 1 is 1.06 bits per heavy atom. The van der Waals surface area contributed by atoms with E-state index in [4.69, 9.17) is 16.0 Å². The molecule has 178 valence electrons. The van der Waals surface area contributed by atoms with Crippen LogP contribution in [0, 0.1) is 29.7 Å². The normalized spacial score (nSPS) is 28.2. The third-order valence-corrected chi connectivity index (χ3v) is 8.04. The maximum atomic E-state index is 13.9. The number of amides is 2. The number of nitrogens with zero attached hydrogens (tertiary/aromatic N) is 3. The molecule has 0 aliphatic carbocycles. The molecular weight excluding hydrogens is 454 g/mol. The molecule has 3 fully saturated rings. The third kappa shape index (κ3) is 3.00. The van der Waals surface area contributed by atoms with Gasteiger partial charge in [-0.3, -0.25) is 9.59 Å². The van der Waals surface area contributed by atoms with Gasteiger partial charge in [0.2, 0.25) is 17.5 Å². The van der Waals surface area contributed by atoms with Crippen molar-refractivity contribution in [1.82, 2.24) is 0 Å². The summed E-state index contributed by atoms with van der Waals surface area (Å²) < 4.78 is 12.4. The molecule has 0 unspecified atom stereocenters. The monoisotopic (exact) mass is 477 g/mol. The van der Waals surface area contributed by atoms with Crippen LogP contribution in [0.1, 0.15) is 31.7 Å². The number of hydrogen-bond acceptors (Lipinski definition) is 5. The predicted octanol–water partition coefficient (Wildman–Crippen LogP) is 5.16. The van der Waals surface area contributed by atoms with E-state index in [1.54, 1.807) is 30.3 Å². The lowest BCUT2D eigenvalue weighted by Gasteiger charge is -2.31. The van der Waals surface area contributed by atoms with Crippen molar-refractivity contribution >= 4 is 34.0 Å². The quantitative estimate of drug-likeness (QED) is 0.374. The fourth-order valence-electron chi connectivity index (χ4n) is 6.43. The van der Waals surface area contributed by atoms with Crippen molar-refractivity contribution in [3.05, 3.63) is 77.6 Å². The van der Waals surface area contributed by atoms with Gasteiger partial charge in [-0.15, -0.1) is 0 Å². The molecule has 3 aliphatic heterocycles. The van der Waals surface area contributed by atoms with Crippen LogP contribution in [0.4, 0.5) is 11.4 Å². The van der Waals surface area contributed by atoms with Gasteiger partial charge in [-0.25, -0.2) is 9.74 Å². The smallest absolute Gasteiger partial charge is 0.240 e. The van der Waals surface area contributed by atoms with Crippen molar-refractivity contribution in [3.63, 3.8) is 0 Å². The topological polar surface area (TPSA) is 84.0 Å². The van der Waals surface area contributed by atoms with E-state index in [0.29, 0.717) is 52.7 Å². The number of carbonyl (C=O) groups is 2. The van der Waals surface area contributed by atoms with Crippen LogP contribution >= 0.6 is 0 Å². The lowest BCUT2D eigenvalue weighted by molar-refractivity contribution is -0.131. The van der Waals surface area contributed by atoms with E-state index >= 15 is 0 Å². The molecule has 0 radical (unpaired) electrons. The van der Waals surface area contributed by atoms with Crippen LogP contribution in [0.25, 0.3) is 15.6 Å². The summed E-state index contributed by atoms with van der Waals surface area (Å²) in [4.78, 5) is 32.6. The van der Waals surface area contributed by atoms with E-state index in [1.165, 1.54) is 4.90 Å². The van der Waals surface area contributed by atoms with Crippen LogP contribution in [0.3, 0.4) is 0 Å². The van der Waals surface area contributed by atoms with Gasteiger partial charge in [0.1, 0.15) is 5.75 Å². The van der Waals surface area contributed by atoms with E-state index in [-0.39, 0.29) is 18.4 Å². The molecule has 3 aromatic rings. The van der Waals surface area contributed by atoms with Gasteiger partial charge in [-0.2, -0.15) is 5.26 Å². The molecule has 3 aliphatic rings. The average molecular weight is 478 g/mol. The highest BCUT2D eigenvalue weighted by Crippen LogP contribution is 2.62. The first kappa shape index (κ1) is 22.3. The Kier molecular flexibility index (Phi) is 4.90. The van der Waals surface area contributed by atoms with Crippen molar-refractivity contribution < 1.29 is 19.1 Å². The Morgan fingerprint density at radius 2 is 1.78 bits per heavy atom. The van der Waals surface area contributed by atoms with E-state index in [9.17, 15) is 14.9 Å². The molecular formula is C29H23N3O4. The Balaban J connectivity index is 1.34. The fourth-order valence-corrected chi connectivity index (χ4v) is 6.43. The molecule has 36 heavy (non-hydrogen) atoms. The molecule has 4 atom stereocenters. The van der Waals surface area contributed by atoms with Crippen molar-refractivity contribution in [2.24, 2.45) is 11.8 Å². The molecule has 0 spiro atoms. The predicted molar refractivity (Wildman–Crippen MR) is 132 cm³/mol. The number of anilines is 1. The van der Waals surface area contributed by atoms with Crippen molar-refractivity contribution in [2.75, 3.05) is 11.5 Å². The van der Waals surface area contributed by atoms with Gasteiger partial charge in [-0.05, 0) is 38.0 Å². The van der Waals surface area contributed by atoms with Crippen LogP contribution in [-0.4, -0.2) is 29.6 Å². The molecule has 7 heteroatoms. The number of benzene rings is 3. The number of fused-ring (bicyclic) bond motifs is 6.